The fourth-order valence-electron chi connectivity index (χ4n) is 2.74. The van der Waals surface area contributed by atoms with Crippen LogP contribution in [-0.4, -0.2) is 42.5 Å². The molecular formula is C20H22ClNO6. The van der Waals surface area contributed by atoms with E-state index >= 15 is 0 Å². The number of aryl methyl sites for hydroxylation is 2. The number of ketones is 1. The Hall–Kier alpha value is -2.80. The standard InChI is InChI=1S/C20H22ClNO6/c1-10-8-14(6-7-15(10)21)27-9-16(23)28-13(4)19(24)18-11(2)17(12(3)22-18)20(25)26-5/h6-8,13,22H,9H2,1-5H3/t13-/m0/s1. The lowest BCUT2D eigenvalue weighted by Crippen LogP contribution is -2.28. The molecule has 0 radical (unpaired) electrons. The highest BCUT2D eigenvalue weighted by atomic mass is 35.5. The second-order valence-corrected chi connectivity index (χ2v) is 6.72. The number of hydrogen-bond acceptors (Lipinski definition) is 6. The Morgan fingerprint density at radius 2 is 1.86 bits per heavy atom. The summed E-state index contributed by atoms with van der Waals surface area (Å²) in [5.74, 6) is -1.22. The van der Waals surface area contributed by atoms with Crippen molar-refractivity contribution in [2.24, 2.45) is 0 Å². The monoisotopic (exact) mass is 407 g/mol. The first-order chi connectivity index (χ1) is 13.1. The number of ether oxygens (including phenoxy) is 3. The minimum atomic E-state index is -1.05. The molecule has 0 amide bonds. The number of rotatable bonds is 7. The number of carbonyl (C=O) groups is 3. The van der Waals surface area contributed by atoms with Gasteiger partial charge in [-0.2, -0.15) is 0 Å². The van der Waals surface area contributed by atoms with Crippen LogP contribution in [0.2, 0.25) is 5.02 Å². The molecule has 1 N–H and O–H groups in total. The van der Waals surface area contributed by atoms with E-state index in [0.29, 0.717) is 27.6 Å². The Kier molecular flexibility index (Phi) is 6.85. The van der Waals surface area contributed by atoms with Crippen LogP contribution in [0.5, 0.6) is 5.75 Å². The molecule has 1 aromatic heterocycles. The summed E-state index contributed by atoms with van der Waals surface area (Å²) in [5.41, 5.74) is 2.27. The second kappa shape index (κ2) is 8.93. The summed E-state index contributed by atoms with van der Waals surface area (Å²) < 4.78 is 15.3. The number of hydrogen-bond donors (Lipinski definition) is 1. The third-order valence-corrected chi connectivity index (χ3v) is 4.66. The van der Waals surface area contributed by atoms with Gasteiger partial charge in [-0.15, -0.1) is 0 Å². The maximum absolute atomic E-state index is 12.6. The van der Waals surface area contributed by atoms with Gasteiger partial charge in [0.2, 0.25) is 5.78 Å². The first-order valence-electron chi connectivity index (χ1n) is 8.55. The van der Waals surface area contributed by atoms with E-state index in [1.165, 1.54) is 14.0 Å². The SMILES string of the molecule is COC(=O)c1c(C)[nH]c(C(=O)[C@H](C)OC(=O)COc2ccc(Cl)c(C)c2)c1C. The van der Waals surface area contributed by atoms with Crippen molar-refractivity contribution in [3.8, 4) is 5.75 Å². The number of carbonyl (C=O) groups excluding carboxylic acids is 3. The fourth-order valence-corrected chi connectivity index (χ4v) is 2.86. The highest BCUT2D eigenvalue weighted by molar-refractivity contribution is 6.31. The highest BCUT2D eigenvalue weighted by Crippen LogP contribution is 2.22. The molecule has 28 heavy (non-hydrogen) atoms. The van der Waals surface area contributed by atoms with Crippen LogP contribution in [0.1, 0.15) is 44.6 Å². The summed E-state index contributed by atoms with van der Waals surface area (Å²) in [6, 6.07) is 5.00. The van der Waals surface area contributed by atoms with Crippen LogP contribution in [0.15, 0.2) is 18.2 Å². The van der Waals surface area contributed by atoms with E-state index in [9.17, 15) is 14.4 Å². The molecule has 0 unspecified atom stereocenters. The smallest absolute Gasteiger partial charge is 0.344 e. The van der Waals surface area contributed by atoms with Crippen LogP contribution in [-0.2, 0) is 14.3 Å². The van der Waals surface area contributed by atoms with Crippen molar-refractivity contribution in [3.05, 3.63) is 51.3 Å². The molecular weight excluding hydrogens is 386 g/mol. The summed E-state index contributed by atoms with van der Waals surface area (Å²) in [4.78, 5) is 39.3. The quantitative estimate of drug-likeness (QED) is 0.557. The van der Waals surface area contributed by atoms with Crippen LogP contribution in [0.3, 0.4) is 0 Å². The Bertz CT molecular complexity index is 918. The van der Waals surface area contributed by atoms with Crippen LogP contribution in [0, 0.1) is 20.8 Å². The largest absolute Gasteiger partial charge is 0.482 e. The van der Waals surface area contributed by atoms with Crippen LogP contribution in [0.25, 0.3) is 0 Å². The number of Topliss-reactive ketones (excluding diaryl/α,β-unsaturated/α-hetero) is 1. The maximum atomic E-state index is 12.6. The van der Waals surface area contributed by atoms with Gasteiger partial charge in [0.05, 0.1) is 18.4 Å². The van der Waals surface area contributed by atoms with Crippen LogP contribution < -0.4 is 4.74 Å². The normalized spacial score (nSPS) is 11.6. The summed E-state index contributed by atoms with van der Waals surface area (Å²) in [6.45, 7) is 6.21. The van der Waals surface area contributed by atoms with Gasteiger partial charge < -0.3 is 19.2 Å². The van der Waals surface area contributed by atoms with Gasteiger partial charge in [-0.1, -0.05) is 11.6 Å². The van der Waals surface area contributed by atoms with E-state index in [4.69, 9.17) is 25.8 Å². The summed E-state index contributed by atoms with van der Waals surface area (Å²) in [6.07, 6.45) is -1.05. The Morgan fingerprint density at radius 1 is 1.18 bits per heavy atom. The van der Waals surface area contributed by atoms with Gasteiger partial charge >= 0.3 is 11.9 Å². The van der Waals surface area contributed by atoms with Crippen molar-refractivity contribution in [3.63, 3.8) is 0 Å². The summed E-state index contributed by atoms with van der Waals surface area (Å²) in [5, 5.41) is 0.595. The minimum Gasteiger partial charge on any atom is -0.482 e. The lowest BCUT2D eigenvalue weighted by Gasteiger charge is -2.13. The summed E-state index contributed by atoms with van der Waals surface area (Å²) >= 11 is 5.94. The van der Waals surface area contributed by atoms with E-state index in [-0.39, 0.29) is 12.3 Å². The third-order valence-electron chi connectivity index (χ3n) is 4.24. The molecule has 0 saturated heterocycles. The molecule has 0 aliphatic rings. The van der Waals surface area contributed by atoms with Crippen molar-refractivity contribution in [1.82, 2.24) is 4.98 Å². The Labute approximate surface area is 167 Å². The molecule has 2 rings (SSSR count). The van der Waals surface area contributed by atoms with Gasteiger partial charge in [0.15, 0.2) is 12.7 Å². The predicted molar refractivity (Wildman–Crippen MR) is 103 cm³/mol. The molecule has 0 saturated carbocycles. The number of halogens is 1. The van der Waals surface area contributed by atoms with Gasteiger partial charge in [0.25, 0.3) is 0 Å². The number of esters is 2. The molecule has 1 aromatic carbocycles. The molecule has 1 atom stereocenters. The number of nitrogens with one attached hydrogen (secondary N) is 1. The van der Waals surface area contributed by atoms with E-state index in [1.807, 2.05) is 6.92 Å². The van der Waals surface area contributed by atoms with Crippen molar-refractivity contribution >= 4 is 29.3 Å². The highest BCUT2D eigenvalue weighted by Gasteiger charge is 2.27. The van der Waals surface area contributed by atoms with Gasteiger partial charge in [0, 0.05) is 10.7 Å². The topological polar surface area (TPSA) is 94.7 Å². The Morgan fingerprint density at radius 3 is 2.46 bits per heavy atom. The van der Waals surface area contributed by atoms with Gasteiger partial charge in [-0.25, -0.2) is 9.59 Å². The molecule has 1 heterocycles. The molecule has 0 aliphatic heterocycles. The molecule has 8 heteroatoms. The number of methoxy groups -OCH3 is 1. The molecule has 0 fully saturated rings. The molecule has 2 aromatic rings. The van der Waals surface area contributed by atoms with Gasteiger partial charge in [-0.3, -0.25) is 4.79 Å². The van der Waals surface area contributed by atoms with Crippen molar-refractivity contribution in [2.45, 2.75) is 33.8 Å². The molecule has 0 aliphatic carbocycles. The zero-order valence-electron chi connectivity index (χ0n) is 16.3. The van der Waals surface area contributed by atoms with Gasteiger partial charge in [-0.05, 0) is 57.0 Å². The molecule has 0 spiro atoms. The molecule has 150 valence electrons. The zero-order valence-corrected chi connectivity index (χ0v) is 17.1. The predicted octanol–water partition coefficient (Wildman–Crippen LogP) is 3.57. The minimum absolute atomic E-state index is 0.201. The lowest BCUT2D eigenvalue weighted by molar-refractivity contribution is -0.148. The van der Waals surface area contributed by atoms with E-state index < -0.39 is 23.8 Å². The van der Waals surface area contributed by atoms with Crippen molar-refractivity contribution in [1.29, 1.82) is 0 Å². The average Bonchev–Trinajstić information content (AvgIpc) is 2.95. The Balaban J connectivity index is 2.01. The fraction of sp³-hybridized carbons (Fsp3) is 0.350. The number of H-pyrrole nitrogens is 1. The second-order valence-electron chi connectivity index (χ2n) is 6.31. The van der Waals surface area contributed by atoms with Crippen LogP contribution >= 0.6 is 11.6 Å². The van der Waals surface area contributed by atoms with E-state index in [1.54, 1.807) is 32.0 Å². The number of aromatic nitrogens is 1. The summed E-state index contributed by atoms with van der Waals surface area (Å²) in [7, 11) is 1.27. The van der Waals surface area contributed by atoms with Crippen molar-refractivity contribution in [2.75, 3.05) is 13.7 Å². The van der Waals surface area contributed by atoms with Crippen molar-refractivity contribution < 1.29 is 28.6 Å². The molecule has 7 nitrogen and oxygen atoms in total. The lowest BCUT2D eigenvalue weighted by atomic mass is 10.1. The van der Waals surface area contributed by atoms with E-state index in [2.05, 4.69) is 4.98 Å². The maximum Gasteiger partial charge on any atom is 0.344 e. The number of aromatic amines is 1. The first-order valence-corrected chi connectivity index (χ1v) is 8.93. The molecule has 0 bridgehead atoms. The van der Waals surface area contributed by atoms with Gasteiger partial charge in [0.1, 0.15) is 5.75 Å². The van der Waals surface area contributed by atoms with Crippen LogP contribution in [0.4, 0.5) is 0 Å². The zero-order chi connectivity index (χ0) is 21.0. The number of benzene rings is 1. The average molecular weight is 408 g/mol. The van der Waals surface area contributed by atoms with E-state index in [0.717, 1.165) is 5.56 Å². The first kappa shape index (κ1) is 21.5. The third kappa shape index (κ3) is 4.72.